The molecule has 0 atom stereocenters. The lowest BCUT2D eigenvalue weighted by atomic mass is 9.93. The van der Waals surface area contributed by atoms with E-state index in [1.807, 2.05) is 0 Å². The van der Waals surface area contributed by atoms with Crippen LogP contribution in [0.25, 0.3) is 0 Å². The van der Waals surface area contributed by atoms with Gasteiger partial charge in [0.15, 0.2) is 0 Å². The molecule has 0 aliphatic carbocycles. The normalized spacial score (nSPS) is 19.1. The van der Waals surface area contributed by atoms with Gasteiger partial charge in [0, 0.05) is 18.7 Å². The molecule has 1 fully saturated rings. The number of halogens is 1. The van der Waals surface area contributed by atoms with Crippen molar-refractivity contribution in [2.75, 3.05) is 13.1 Å². The number of rotatable bonds is 3. The molecular formula is C14H19FN2S. The smallest absolute Gasteiger partial charge is 0.123 e. The summed E-state index contributed by atoms with van der Waals surface area (Å²) in [5.74, 6) is -0.289. The van der Waals surface area contributed by atoms with Gasteiger partial charge in [-0.3, -0.25) is 4.90 Å². The van der Waals surface area contributed by atoms with E-state index < -0.39 is 0 Å². The number of nitrogens with zero attached hydrogens (tertiary/aromatic N) is 1. The Morgan fingerprint density at radius 1 is 1.50 bits per heavy atom. The zero-order valence-electron chi connectivity index (χ0n) is 10.9. The lowest BCUT2D eigenvalue weighted by Crippen LogP contribution is -2.24. The van der Waals surface area contributed by atoms with Crippen molar-refractivity contribution in [1.82, 2.24) is 4.90 Å². The minimum atomic E-state index is -0.289. The Balaban J connectivity index is 2.17. The molecule has 0 aromatic heterocycles. The van der Waals surface area contributed by atoms with Crippen molar-refractivity contribution in [3.8, 4) is 0 Å². The monoisotopic (exact) mass is 266 g/mol. The molecule has 0 bridgehead atoms. The zero-order valence-corrected chi connectivity index (χ0v) is 11.7. The third kappa shape index (κ3) is 3.06. The molecule has 1 heterocycles. The van der Waals surface area contributed by atoms with E-state index in [0.717, 1.165) is 25.2 Å². The number of nitrogens with two attached hydrogens (primary N) is 1. The van der Waals surface area contributed by atoms with Crippen LogP contribution in [-0.2, 0) is 6.54 Å². The van der Waals surface area contributed by atoms with Crippen molar-refractivity contribution in [3.63, 3.8) is 0 Å². The fraction of sp³-hybridized carbons (Fsp3) is 0.500. The van der Waals surface area contributed by atoms with Gasteiger partial charge in [-0.1, -0.05) is 32.1 Å². The average molecular weight is 266 g/mol. The summed E-state index contributed by atoms with van der Waals surface area (Å²) in [7, 11) is 0. The fourth-order valence-corrected chi connectivity index (χ4v) is 2.71. The second-order valence-electron chi connectivity index (χ2n) is 5.79. The molecule has 98 valence electrons. The second kappa shape index (κ2) is 4.94. The van der Waals surface area contributed by atoms with Crippen molar-refractivity contribution >= 4 is 17.2 Å². The van der Waals surface area contributed by atoms with Crippen LogP contribution in [0.2, 0.25) is 0 Å². The van der Waals surface area contributed by atoms with Gasteiger partial charge in [0.1, 0.15) is 10.8 Å². The highest BCUT2D eigenvalue weighted by molar-refractivity contribution is 7.80. The average Bonchev–Trinajstić information content (AvgIpc) is 2.60. The van der Waals surface area contributed by atoms with Gasteiger partial charge in [0.25, 0.3) is 0 Å². The molecular weight excluding hydrogens is 247 g/mol. The van der Waals surface area contributed by atoms with Gasteiger partial charge < -0.3 is 5.73 Å². The predicted octanol–water partition coefficient (Wildman–Crippen LogP) is 2.69. The summed E-state index contributed by atoms with van der Waals surface area (Å²) in [6.45, 7) is 7.46. The highest BCUT2D eigenvalue weighted by atomic mass is 32.1. The highest BCUT2D eigenvalue weighted by Gasteiger charge is 2.29. The fourth-order valence-electron chi connectivity index (χ4n) is 2.52. The first kappa shape index (κ1) is 13.4. The molecule has 1 aliphatic rings. The predicted molar refractivity (Wildman–Crippen MR) is 76.0 cm³/mol. The topological polar surface area (TPSA) is 29.3 Å². The highest BCUT2D eigenvalue weighted by Crippen LogP contribution is 2.30. The SMILES string of the molecule is CC1(C)CCN(Cc2ccc(F)cc2C(N)=S)C1. The van der Waals surface area contributed by atoms with Crippen LogP contribution >= 0.6 is 12.2 Å². The van der Waals surface area contributed by atoms with Crippen molar-refractivity contribution < 1.29 is 4.39 Å². The first-order chi connectivity index (χ1) is 8.37. The van der Waals surface area contributed by atoms with Crippen LogP contribution in [0.1, 0.15) is 31.4 Å². The van der Waals surface area contributed by atoms with Crippen LogP contribution in [0.5, 0.6) is 0 Å². The Bertz CT molecular complexity index is 471. The number of likely N-dealkylation sites (tertiary alicyclic amines) is 1. The Morgan fingerprint density at radius 3 is 2.78 bits per heavy atom. The van der Waals surface area contributed by atoms with Crippen LogP contribution < -0.4 is 5.73 Å². The summed E-state index contributed by atoms with van der Waals surface area (Å²) in [5.41, 5.74) is 7.70. The van der Waals surface area contributed by atoms with Gasteiger partial charge in [0.2, 0.25) is 0 Å². The molecule has 1 saturated heterocycles. The van der Waals surface area contributed by atoms with Crippen molar-refractivity contribution in [3.05, 3.63) is 35.1 Å². The summed E-state index contributed by atoms with van der Waals surface area (Å²) < 4.78 is 13.2. The molecule has 4 heteroatoms. The van der Waals surface area contributed by atoms with Gasteiger partial charge in [0.05, 0.1) is 0 Å². The maximum atomic E-state index is 13.2. The summed E-state index contributed by atoms with van der Waals surface area (Å²) in [4.78, 5) is 2.64. The number of hydrogen-bond acceptors (Lipinski definition) is 2. The number of thiocarbonyl (C=S) groups is 1. The zero-order chi connectivity index (χ0) is 13.3. The molecule has 1 aromatic rings. The Hall–Kier alpha value is -1.00. The summed E-state index contributed by atoms with van der Waals surface area (Å²) >= 11 is 4.99. The Morgan fingerprint density at radius 2 is 2.22 bits per heavy atom. The maximum absolute atomic E-state index is 13.2. The molecule has 0 spiro atoms. The molecule has 2 rings (SSSR count). The first-order valence-corrected chi connectivity index (χ1v) is 6.59. The lowest BCUT2D eigenvalue weighted by Gasteiger charge is -2.20. The van der Waals surface area contributed by atoms with Crippen LogP contribution in [0, 0.1) is 11.2 Å². The quantitative estimate of drug-likeness (QED) is 0.853. The minimum absolute atomic E-state index is 0.267. The standard InChI is InChI=1S/C14H19FN2S/c1-14(2)5-6-17(9-14)8-10-3-4-11(15)7-12(10)13(16)18/h3-4,7H,5-6,8-9H2,1-2H3,(H2,16,18). The number of benzene rings is 1. The molecule has 1 aromatic carbocycles. The summed E-state index contributed by atoms with van der Waals surface area (Å²) in [6.07, 6.45) is 1.19. The van der Waals surface area contributed by atoms with Crippen molar-refractivity contribution in [1.29, 1.82) is 0 Å². The van der Waals surface area contributed by atoms with Crippen LogP contribution in [0.15, 0.2) is 18.2 Å². The van der Waals surface area contributed by atoms with E-state index in [1.54, 1.807) is 6.07 Å². The van der Waals surface area contributed by atoms with Gasteiger partial charge in [-0.05, 0) is 36.1 Å². The van der Waals surface area contributed by atoms with Crippen molar-refractivity contribution in [2.45, 2.75) is 26.8 Å². The third-order valence-corrected chi connectivity index (χ3v) is 3.71. The lowest BCUT2D eigenvalue weighted by molar-refractivity contribution is 0.284. The van der Waals surface area contributed by atoms with E-state index >= 15 is 0 Å². The van der Waals surface area contributed by atoms with E-state index in [1.165, 1.54) is 18.6 Å². The summed E-state index contributed by atoms with van der Waals surface area (Å²) in [5, 5.41) is 0. The van der Waals surface area contributed by atoms with Gasteiger partial charge in [-0.25, -0.2) is 4.39 Å². The molecule has 2 N–H and O–H groups in total. The molecule has 0 amide bonds. The van der Waals surface area contributed by atoms with E-state index in [0.29, 0.717) is 11.0 Å². The molecule has 2 nitrogen and oxygen atoms in total. The van der Waals surface area contributed by atoms with Gasteiger partial charge in [-0.2, -0.15) is 0 Å². The van der Waals surface area contributed by atoms with Crippen molar-refractivity contribution in [2.24, 2.45) is 11.1 Å². The maximum Gasteiger partial charge on any atom is 0.123 e. The van der Waals surface area contributed by atoms with E-state index in [9.17, 15) is 4.39 Å². The minimum Gasteiger partial charge on any atom is -0.389 e. The second-order valence-corrected chi connectivity index (χ2v) is 6.23. The Labute approximate surface area is 113 Å². The molecule has 0 saturated carbocycles. The van der Waals surface area contributed by atoms with Gasteiger partial charge in [-0.15, -0.1) is 0 Å². The van der Waals surface area contributed by atoms with Crippen LogP contribution in [0.4, 0.5) is 4.39 Å². The largest absolute Gasteiger partial charge is 0.389 e. The van der Waals surface area contributed by atoms with Crippen LogP contribution in [-0.4, -0.2) is 23.0 Å². The molecule has 0 radical (unpaired) electrons. The molecule has 18 heavy (non-hydrogen) atoms. The first-order valence-electron chi connectivity index (χ1n) is 6.18. The molecule has 1 aliphatic heterocycles. The van der Waals surface area contributed by atoms with Gasteiger partial charge >= 0.3 is 0 Å². The van der Waals surface area contributed by atoms with E-state index in [2.05, 4.69) is 18.7 Å². The Kier molecular flexibility index (Phi) is 3.69. The summed E-state index contributed by atoms with van der Waals surface area (Å²) in [6, 6.07) is 4.69. The van der Waals surface area contributed by atoms with Crippen LogP contribution in [0.3, 0.4) is 0 Å². The third-order valence-electron chi connectivity index (χ3n) is 3.49. The van der Waals surface area contributed by atoms with E-state index in [-0.39, 0.29) is 10.8 Å². The number of hydrogen-bond donors (Lipinski definition) is 1. The van der Waals surface area contributed by atoms with E-state index in [4.69, 9.17) is 18.0 Å². The molecule has 0 unspecified atom stereocenters.